The fourth-order valence-electron chi connectivity index (χ4n) is 1.56. The molecule has 12 heavy (non-hydrogen) atoms. The SMILES string of the molecule is C=C(CCCBr)C1CCC(C)O1. The van der Waals surface area contributed by atoms with Gasteiger partial charge in [0.15, 0.2) is 0 Å². The van der Waals surface area contributed by atoms with E-state index in [1.807, 2.05) is 0 Å². The molecule has 1 rings (SSSR count). The van der Waals surface area contributed by atoms with Crippen LogP contribution in [-0.2, 0) is 4.74 Å². The summed E-state index contributed by atoms with van der Waals surface area (Å²) in [5, 5.41) is 1.06. The minimum absolute atomic E-state index is 0.346. The summed E-state index contributed by atoms with van der Waals surface area (Å²) in [5.74, 6) is 0. The van der Waals surface area contributed by atoms with E-state index in [1.165, 1.54) is 24.8 Å². The van der Waals surface area contributed by atoms with Crippen LogP contribution >= 0.6 is 15.9 Å². The van der Waals surface area contributed by atoms with E-state index >= 15 is 0 Å². The van der Waals surface area contributed by atoms with E-state index in [2.05, 4.69) is 29.4 Å². The summed E-state index contributed by atoms with van der Waals surface area (Å²) in [6.45, 7) is 6.20. The molecule has 2 heteroatoms. The van der Waals surface area contributed by atoms with Gasteiger partial charge in [-0.15, -0.1) is 0 Å². The lowest BCUT2D eigenvalue weighted by molar-refractivity contribution is 0.0751. The molecule has 0 spiro atoms. The van der Waals surface area contributed by atoms with Crippen molar-refractivity contribution >= 4 is 15.9 Å². The summed E-state index contributed by atoms with van der Waals surface area (Å²) in [6, 6.07) is 0. The van der Waals surface area contributed by atoms with E-state index in [0.717, 1.165) is 11.8 Å². The van der Waals surface area contributed by atoms with Crippen molar-refractivity contribution in [1.82, 2.24) is 0 Å². The van der Waals surface area contributed by atoms with Crippen LogP contribution < -0.4 is 0 Å². The van der Waals surface area contributed by atoms with Crippen LogP contribution in [0.15, 0.2) is 12.2 Å². The van der Waals surface area contributed by atoms with Crippen molar-refractivity contribution in [2.24, 2.45) is 0 Å². The van der Waals surface area contributed by atoms with Crippen molar-refractivity contribution in [3.63, 3.8) is 0 Å². The van der Waals surface area contributed by atoms with Gasteiger partial charge in [-0.25, -0.2) is 0 Å². The molecule has 1 nitrogen and oxygen atoms in total. The van der Waals surface area contributed by atoms with Crippen molar-refractivity contribution < 1.29 is 4.74 Å². The van der Waals surface area contributed by atoms with Gasteiger partial charge in [0, 0.05) is 5.33 Å². The molecule has 1 heterocycles. The normalized spacial score (nSPS) is 29.2. The summed E-state index contributed by atoms with van der Waals surface area (Å²) >= 11 is 3.42. The number of hydrogen-bond acceptors (Lipinski definition) is 1. The first-order chi connectivity index (χ1) is 5.74. The molecule has 0 aromatic rings. The van der Waals surface area contributed by atoms with Gasteiger partial charge in [-0.05, 0) is 38.2 Å². The van der Waals surface area contributed by atoms with Crippen LogP contribution in [0.2, 0.25) is 0 Å². The first kappa shape index (κ1) is 10.3. The lowest BCUT2D eigenvalue weighted by Gasteiger charge is -2.13. The molecule has 0 aromatic carbocycles. The maximum absolute atomic E-state index is 5.71. The highest BCUT2D eigenvalue weighted by Crippen LogP contribution is 2.26. The van der Waals surface area contributed by atoms with Gasteiger partial charge >= 0.3 is 0 Å². The van der Waals surface area contributed by atoms with Crippen LogP contribution in [0.5, 0.6) is 0 Å². The zero-order valence-electron chi connectivity index (χ0n) is 7.68. The summed E-state index contributed by atoms with van der Waals surface area (Å²) in [7, 11) is 0. The Kier molecular flexibility index (Phi) is 4.30. The monoisotopic (exact) mass is 232 g/mol. The number of rotatable bonds is 4. The fourth-order valence-corrected chi connectivity index (χ4v) is 1.84. The topological polar surface area (TPSA) is 9.23 Å². The van der Waals surface area contributed by atoms with Crippen LogP contribution in [-0.4, -0.2) is 17.5 Å². The van der Waals surface area contributed by atoms with E-state index in [9.17, 15) is 0 Å². The van der Waals surface area contributed by atoms with Crippen LogP contribution in [0.3, 0.4) is 0 Å². The molecule has 0 bridgehead atoms. The lowest BCUT2D eigenvalue weighted by Crippen LogP contribution is -2.10. The van der Waals surface area contributed by atoms with E-state index in [4.69, 9.17) is 4.74 Å². The molecule has 0 radical (unpaired) electrons. The Morgan fingerprint density at radius 2 is 2.33 bits per heavy atom. The number of ether oxygens (including phenoxy) is 1. The third kappa shape index (κ3) is 2.91. The maximum Gasteiger partial charge on any atom is 0.0787 e. The molecule has 0 N–H and O–H groups in total. The Bertz CT molecular complexity index is 156. The van der Waals surface area contributed by atoms with Gasteiger partial charge < -0.3 is 4.74 Å². The summed E-state index contributed by atoms with van der Waals surface area (Å²) in [6.07, 6.45) is 5.42. The summed E-state index contributed by atoms with van der Waals surface area (Å²) in [5.41, 5.74) is 1.28. The second-order valence-electron chi connectivity index (χ2n) is 3.46. The largest absolute Gasteiger partial charge is 0.371 e. The third-order valence-electron chi connectivity index (χ3n) is 2.32. The first-order valence-corrected chi connectivity index (χ1v) is 5.75. The molecular weight excluding hydrogens is 216 g/mol. The van der Waals surface area contributed by atoms with E-state index in [-0.39, 0.29) is 0 Å². The van der Waals surface area contributed by atoms with Crippen molar-refractivity contribution in [3.8, 4) is 0 Å². The predicted octanol–water partition coefficient (Wildman–Crippen LogP) is 3.29. The molecule has 0 saturated carbocycles. The zero-order valence-corrected chi connectivity index (χ0v) is 9.27. The highest BCUT2D eigenvalue weighted by molar-refractivity contribution is 9.09. The average molecular weight is 233 g/mol. The lowest BCUT2D eigenvalue weighted by atomic mass is 10.0. The minimum atomic E-state index is 0.346. The second-order valence-corrected chi connectivity index (χ2v) is 4.26. The Labute approximate surface area is 83.3 Å². The van der Waals surface area contributed by atoms with Gasteiger partial charge in [-0.3, -0.25) is 0 Å². The van der Waals surface area contributed by atoms with Crippen LogP contribution in [0, 0.1) is 0 Å². The van der Waals surface area contributed by atoms with E-state index < -0.39 is 0 Å². The van der Waals surface area contributed by atoms with Gasteiger partial charge in [0.2, 0.25) is 0 Å². The van der Waals surface area contributed by atoms with Gasteiger partial charge in [0.25, 0.3) is 0 Å². The fraction of sp³-hybridized carbons (Fsp3) is 0.800. The third-order valence-corrected chi connectivity index (χ3v) is 2.88. The zero-order chi connectivity index (χ0) is 8.97. The Hall–Kier alpha value is 0.180. The van der Waals surface area contributed by atoms with Crippen molar-refractivity contribution in [2.75, 3.05) is 5.33 Å². The van der Waals surface area contributed by atoms with Crippen LogP contribution in [0.4, 0.5) is 0 Å². The van der Waals surface area contributed by atoms with Gasteiger partial charge in [-0.1, -0.05) is 22.5 Å². The second kappa shape index (κ2) is 5.03. The molecule has 0 aliphatic carbocycles. The molecule has 2 unspecified atom stereocenters. The Balaban J connectivity index is 2.23. The predicted molar refractivity (Wildman–Crippen MR) is 55.7 cm³/mol. The van der Waals surface area contributed by atoms with Crippen molar-refractivity contribution in [2.45, 2.75) is 44.8 Å². The van der Waals surface area contributed by atoms with Crippen molar-refractivity contribution in [1.29, 1.82) is 0 Å². The molecule has 2 atom stereocenters. The Morgan fingerprint density at radius 1 is 1.58 bits per heavy atom. The van der Waals surface area contributed by atoms with Crippen molar-refractivity contribution in [3.05, 3.63) is 12.2 Å². The number of alkyl halides is 1. The van der Waals surface area contributed by atoms with Gasteiger partial charge in [0.1, 0.15) is 0 Å². The van der Waals surface area contributed by atoms with E-state index in [0.29, 0.717) is 12.2 Å². The first-order valence-electron chi connectivity index (χ1n) is 4.63. The standard InChI is InChI=1S/C10H17BrO/c1-8(4-3-7-11)10-6-5-9(2)12-10/h9-10H,1,3-7H2,2H3. The molecule has 1 fully saturated rings. The van der Waals surface area contributed by atoms with Gasteiger partial charge in [0.05, 0.1) is 12.2 Å². The molecule has 1 saturated heterocycles. The highest BCUT2D eigenvalue weighted by Gasteiger charge is 2.23. The summed E-state index contributed by atoms with van der Waals surface area (Å²) < 4.78 is 5.71. The minimum Gasteiger partial charge on any atom is -0.371 e. The maximum atomic E-state index is 5.71. The smallest absolute Gasteiger partial charge is 0.0787 e. The molecule has 1 aliphatic rings. The quantitative estimate of drug-likeness (QED) is 0.534. The van der Waals surface area contributed by atoms with Crippen LogP contribution in [0.1, 0.15) is 32.6 Å². The van der Waals surface area contributed by atoms with E-state index in [1.54, 1.807) is 0 Å². The van der Waals surface area contributed by atoms with Gasteiger partial charge in [-0.2, -0.15) is 0 Å². The highest BCUT2D eigenvalue weighted by atomic mass is 79.9. The molecule has 0 amide bonds. The molecule has 1 aliphatic heterocycles. The molecule has 70 valence electrons. The number of halogens is 1. The average Bonchev–Trinajstić information content (AvgIpc) is 2.47. The van der Waals surface area contributed by atoms with Crippen LogP contribution in [0.25, 0.3) is 0 Å². The molecular formula is C10H17BrO. The number of hydrogen-bond donors (Lipinski definition) is 0. The summed E-state index contributed by atoms with van der Waals surface area (Å²) in [4.78, 5) is 0. The molecule has 0 aromatic heterocycles. The Morgan fingerprint density at radius 3 is 2.83 bits per heavy atom.